The summed E-state index contributed by atoms with van der Waals surface area (Å²) in [7, 11) is 0. The van der Waals surface area contributed by atoms with Crippen molar-refractivity contribution in [3.8, 4) is 0 Å². The summed E-state index contributed by atoms with van der Waals surface area (Å²) in [5.41, 5.74) is 0. The Kier molecular flexibility index (Phi) is 3.95. The summed E-state index contributed by atoms with van der Waals surface area (Å²) in [6.07, 6.45) is 5.87. The monoisotopic (exact) mass is 182 g/mol. The molecule has 1 rings (SSSR count). The largest absolute Gasteiger partial charge is 0.299 e. The first kappa shape index (κ1) is 10.7. The van der Waals surface area contributed by atoms with Crippen LogP contribution in [0.5, 0.6) is 0 Å². The Labute approximate surface area is 81.9 Å². The summed E-state index contributed by atoms with van der Waals surface area (Å²) in [5, 5.41) is 0. The maximum absolute atomic E-state index is 12.0. The summed E-state index contributed by atoms with van der Waals surface area (Å²) < 4.78 is 0. The first-order valence-electron chi connectivity index (χ1n) is 5.70. The van der Waals surface area contributed by atoms with Crippen molar-refractivity contribution in [2.75, 3.05) is 0 Å². The van der Waals surface area contributed by atoms with E-state index in [9.17, 15) is 4.79 Å². The maximum atomic E-state index is 12.0. The van der Waals surface area contributed by atoms with Crippen molar-refractivity contribution in [1.29, 1.82) is 0 Å². The SMILES string of the molecule is CCC(C(=O)C1CCCC1)C(C)C. The van der Waals surface area contributed by atoms with Gasteiger partial charge in [-0.2, -0.15) is 0 Å². The first-order valence-corrected chi connectivity index (χ1v) is 5.70. The average molecular weight is 182 g/mol. The molecule has 1 fully saturated rings. The highest BCUT2D eigenvalue weighted by molar-refractivity contribution is 5.83. The third-order valence-corrected chi connectivity index (χ3v) is 3.37. The van der Waals surface area contributed by atoms with Crippen LogP contribution in [-0.2, 0) is 4.79 Å². The normalized spacial score (nSPS) is 20.9. The van der Waals surface area contributed by atoms with Gasteiger partial charge in [0.2, 0.25) is 0 Å². The Bertz CT molecular complexity index is 166. The molecule has 1 atom stereocenters. The van der Waals surface area contributed by atoms with Crippen molar-refractivity contribution in [2.24, 2.45) is 17.8 Å². The van der Waals surface area contributed by atoms with E-state index in [0.717, 1.165) is 19.3 Å². The highest BCUT2D eigenvalue weighted by atomic mass is 16.1. The van der Waals surface area contributed by atoms with Crippen molar-refractivity contribution in [2.45, 2.75) is 52.9 Å². The zero-order valence-corrected chi connectivity index (χ0v) is 9.18. The molecule has 0 radical (unpaired) electrons. The number of ketones is 1. The second kappa shape index (κ2) is 4.78. The Morgan fingerprint density at radius 2 is 1.85 bits per heavy atom. The van der Waals surface area contributed by atoms with Crippen LogP contribution in [0, 0.1) is 17.8 Å². The van der Waals surface area contributed by atoms with Gasteiger partial charge in [0.25, 0.3) is 0 Å². The van der Waals surface area contributed by atoms with Gasteiger partial charge in [-0.3, -0.25) is 4.79 Å². The Balaban J connectivity index is 2.52. The van der Waals surface area contributed by atoms with Gasteiger partial charge in [0.1, 0.15) is 5.78 Å². The summed E-state index contributed by atoms with van der Waals surface area (Å²) in [6, 6.07) is 0. The molecule has 1 nitrogen and oxygen atoms in total. The van der Waals surface area contributed by atoms with Crippen LogP contribution < -0.4 is 0 Å². The van der Waals surface area contributed by atoms with Crippen molar-refractivity contribution in [1.82, 2.24) is 0 Å². The van der Waals surface area contributed by atoms with Gasteiger partial charge in [0.15, 0.2) is 0 Å². The molecule has 1 heteroatoms. The third kappa shape index (κ3) is 2.55. The number of carbonyl (C=O) groups excluding carboxylic acids is 1. The van der Waals surface area contributed by atoms with Crippen LogP contribution in [0.4, 0.5) is 0 Å². The van der Waals surface area contributed by atoms with Crippen LogP contribution >= 0.6 is 0 Å². The molecule has 76 valence electrons. The standard InChI is InChI=1S/C12H22O/c1-4-11(9(2)3)12(13)10-7-5-6-8-10/h9-11H,4-8H2,1-3H3. The van der Waals surface area contributed by atoms with Crippen molar-refractivity contribution in [3.63, 3.8) is 0 Å². The molecule has 1 aliphatic rings. The van der Waals surface area contributed by atoms with Gasteiger partial charge in [-0.05, 0) is 25.2 Å². The molecule has 0 bridgehead atoms. The fourth-order valence-electron chi connectivity index (χ4n) is 2.51. The summed E-state index contributed by atoms with van der Waals surface area (Å²) in [5.74, 6) is 1.81. The van der Waals surface area contributed by atoms with Crippen molar-refractivity contribution >= 4 is 5.78 Å². The second-order valence-corrected chi connectivity index (χ2v) is 4.64. The van der Waals surface area contributed by atoms with E-state index in [1.807, 2.05) is 0 Å². The minimum absolute atomic E-state index is 0.322. The fourth-order valence-corrected chi connectivity index (χ4v) is 2.51. The van der Waals surface area contributed by atoms with Gasteiger partial charge >= 0.3 is 0 Å². The maximum Gasteiger partial charge on any atom is 0.139 e. The lowest BCUT2D eigenvalue weighted by Crippen LogP contribution is -2.25. The molecule has 13 heavy (non-hydrogen) atoms. The minimum atomic E-state index is 0.322. The molecule has 0 amide bonds. The van der Waals surface area contributed by atoms with Gasteiger partial charge in [0, 0.05) is 11.8 Å². The summed E-state index contributed by atoms with van der Waals surface area (Å²) in [6.45, 7) is 6.47. The van der Waals surface area contributed by atoms with E-state index in [4.69, 9.17) is 0 Å². The van der Waals surface area contributed by atoms with Crippen LogP contribution in [0.1, 0.15) is 52.9 Å². The average Bonchev–Trinajstić information content (AvgIpc) is 2.56. The topological polar surface area (TPSA) is 17.1 Å². The molecular weight excluding hydrogens is 160 g/mol. The van der Waals surface area contributed by atoms with Crippen LogP contribution in [0.3, 0.4) is 0 Å². The molecule has 1 aliphatic carbocycles. The minimum Gasteiger partial charge on any atom is -0.299 e. The fraction of sp³-hybridized carbons (Fsp3) is 0.917. The molecule has 0 spiro atoms. The first-order chi connectivity index (χ1) is 6.16. The van der Waals surface area contributed by atoms with Crippen LogP contribution in [-0.4, -0.2) is 5.78 Å². The third-order valence-electron chi connectivity index (χ3n) is 3.37. The van der Waals surface area contributed by atoms with Gasteiger partial charge < -0.3 is 0 Å². The van der Waals surface area contributed by atoms with Crippen molar-refractivity contribution < 1.29 is 4.79 Å². The van der Waals surface area contributed by atoms with E-state index in [2.05, 4.69) is 20.8 Å². The zero-order chi connectivity index (χ0) is 9.84. The molecule has 0 aromatic heterocycles. The molecule has 0 aromatic rings. The second-order valence-electron chi connectivity index (χ2n) is 4.64. The zero-order valence-electron chi connectivity index (χ0n) is 9.18. The van der Waals surface area contributed by atoms with Crippen LogP contribution in [0.25, 0.3) is 0 Å². The van der Waals surface area contributed by atoms with E-state index in [0.29, 0.717) is 23.5 Å². The number of hydrogen-bond donors (Lipinski definition) is 0. The lowest BCUT2D eigenvalue weighted by atomic mass is 9.82. The lowest BCUT2D eigenvalue weighted by Gasteiger charge is -2.21. The highest BCUT2D eigenvalue weighted by Crippen LogP contribution is 2.31. The number of hydrogen-bond acceptors (Lipinski definition) is 1. The quantitative estimate of drug-likeness (QED) is 0.651. The van der Waals surface area contributed by atoms with Crippen molar-refractivity contribution in [3.05, 3.63) is 0 Å². The Morgan fingerprint density at radius 1 is 1.31 bits per heavy atom. The molecule has 0 heterocycles. The lowest BCUT2D eigenvalue weighted by molar-refractivity contribution is -0.128. The molecule has 1 unspecified atom stereocenters. The molecule has 0 aliphatic heterocycles. The smallest absolute Gasteiger partial charge is 0.139 e. The summed E-state index contributed by atoms with van der Waals surface area (Å²) >= 11 is 0. The van der Waals surface area contributed by atoms with E-state index < -0.39 is 0 Å². The predicted octanol–water partition coefficient (Wildman–Crippen LogP) is 3.43. The molecular formula is C12H22O. The summed E-state index contributed by atoms with van der Waals surface area (Å²) in [4.78, 5) is 12.0. The Hall–Kier alpha value is -0.330. The van der Waals surface area contributed by atoms with Gasteiger partial charge in [-0.15, -0.1) is 0 Å². The van der Waals surface area contributed by atoms with Gasteiger partial charge in [-0.1, -0.05) is 33.6 Å². The number of Topliss-reactive ketones (excluding diaryl/α,β-unsaturated/α-hetero) is 1. The molecule has 0 aromatic carbocycles. The van der Waals surface area contributed by atoms with Gasteiger partial charge in [0.05, 0.1) is 0 Å². The van der Waals surface area contributed by atoms with E-state index in [1.54, 1.807) is 0 Å². The number of carbonyl (C=O) groups is 1. The highest BCUT2D eigenvalue weighted by Gasteiger charge is 2.29. The van der Waals surface area contributed by atoms with E-state index in [1.165, 1.54) is 12.8 Å². The predicted molar refractivity (Wildman–Crippen MR) is 55.6 cm³/mol. The molecule has 1 saturated carbocycles. The Morgan fingerprint density at radius 3 is 2.23 bits per heavy atom. The molecule has 0 saturated heterocycles. The van der Waals surface area contributed by atoms with Crippen LogP contribution in [0.15, 0.2) is 0 Å². The van der Waals surface area contributed by atoms with E-state index in [-0.39, 0.29) is 0 Å². The van der Waals surface area contributed by atoms with Crippen LogP contribution in [0.2, 0.25) is 0 Å². The van der Waals surface area contributed by atoms with Gasteiger partial charge in [-0.25, -0.2) is 0 Å². The number of rotatable bonds is 4. The molecule has 0 N–H and O–H groups in total. The van der Waals surface area contributed by atoms with E-state index >= 15 is 0 Å².